The fourth-order valence-corrected chi connectivity index (χ4v) is 1.72. The molecule has 0 aliphatic rings. The zero-order valence-corrected chi connectivity index (χ0v) is 11.4. The van der Waals surface area contributed by atoms with E-state index >= 15 is 0 Å². The molecule has 0 aliphatic carbocycles. The van der Waals surface area contributed by atoms with Gasteiger partial charge in [0.25, 0.3) is 5.91 Å². The van der Waals surface area contributed by atoms with E-state index in [1.807, 2.05) is 0 Å². The van der Waals surface area contributed by atoms with Crippen molar-refractivity contribution < 1.29 is 18.3 Å². The van der Waals surface area contributed by atoms with Crippen molar-refractivity contribution in [3.63, 3.8) is 0 Å². The Balaban J connectivity index is 1.87. The van der Waals surface area contributed by atoms with E-state index in [1.54, 1.807) is 38.2 Å². The molecule has 2 aromatic rings. The number of hydrogen-bond acceptors (Lipinski definition) is 3. The minimum Gasteiger partial charge on any atom is -0.489 e. The first kappa shape index (κ1) is 14.1. The van der Waals surface area contributed by atoms with Gasteiger partial charge in [-0.1, -0.05) is 12.1 Å². The number of carbonyl (C=O) groups is 1. The maximum atomic E-state index is 13.3. The number of rotatable bonds is 5. The summed E-state index contributed by atoms with van der Waals surface area (Å²) in [7, 11) is 1.65. The van der Waals surface area contributed by atoms with Crippen LogP contribution in [-0.4, -0.2) is 31.0 Å². The Morgan fingerprint density at radius 3 is 2.75 bits per heavy atom. The zero-order valence-electron chi connectivity index (χ0n) is 11.4. The third kappa shape index (κ3) is 3.17. The van der Waals surface area contributed by atoms with Gasteiger partial charge in [-0.2, -0.15) is 0 Å². The molecule has 0 radical (unpaired) electrons. The van der Waals surface area contributed by atoms with Gasteiger partial charge in [-0.05, 0) is 25.1 Å². The molecule has 1 amide bonds. The molecule has 0 spiro atoms. The highest BCUT2D eigenvalue weighted by molar-refractivity contribution is 5.92. The number of aryl methyl sites for hydroxylation is 1. The maximum absolute atomic E-state index is 13.3. The minimum absolute atomic E-state index is 0.183. The number of likely N-dealkylation sites (N-methyl/N-ethyl adjacent to an activating group) is 1. The summed E-state index contributed by atoms with van der Waals surface area (Å²) in [6.07, 6.45) is 1.48. The number of benzene rings is 1. The van der Waals surface area contributed by atoms with Crippen molar-refractivity contribution in [1.29, 1.82) is 0 Å². The van der Waals surface area contributed by atoms with E-state index in [-0.39, 0.29) is 18.3 Å². The molecule has 0 fully saturated rings. The van der Waals surface area contributed by atoms with Crippen LogP contribution >= 0.6 is 0 Å². The predicted molar refractivity (Wildman–Crippen MR) is 72.3 cm³/mol. The van der Waals surface area contributed by atoms with Crippen LogP contribution in [0.4, 0.5) is 4.39 Å². The second-order valence-corrected chi connectivity index (χ2v) is 4.44. The monoisotopic (exact) mass is 277 g/mol. The fourth-order valence-electron chi connectivity index (χ4n) is 1.72. The number of hydrogen-bond donors (Lipinski definition) is 0. The van der Waals surface area contributed by atoms with Crippen LogP contribution in [0.2, 0.25) is 0 Å². The van der Waals surface area contributed by atoms with Crippen molar-refractivity contribution in [3.8, 4) is 5.75 Å². The van der Waals surface area contributed by atoms with Gasteiger partial charge in [0.15, 0.2) is 17.3 Å². The molecule has 0 unspecified atom stereocenters. The minimum atomic E-state index is -0.414. The molecule has 4 nitrogen and oxygen atoms in total. The van der Waals surface area contributed by atoms with Crippen molar-refractivity contribution >= 4 is 5.91 Å². The lowest BCUT2D eigenvalue weighted by Gasteiger charge is -2.16. The van der Waals surface area contributed by atoms with Crippen LogP contribution in [0, 0.1) is 12.7 Å². The lowest BCUT2D eigenvalue weighted by atomic mass is 10.2. The first-order chi connectivity index (χ1) is 9.59. The topological polar surface area (TPSA) is 42.7 Å². The molecule has 0 N–H and O–H groups in total. The number of ether oxygens (including phenoxy) is 1. The molecule has 0 bridgehead atoms. The van der Waals surface area contributed by atoms with Crippen LogP contribution in [0.25, 0.3) is 0 Å². The molecule has 1 aromatic heterocycles. The lowest BCUT2D eigenvalue weighted by molar-refractivity contribution is 0.0740. The molecule has 106 valence electrons. The first-order valence-electron chi connectivity index (χ1n) is 6.26. The Morgan fingerprint density at radius 1 is 1.35 bits per heavy atom. The number of carbonyl (C=O) groups excluding carboxylic acids is 1. The molecule has 1 heterocycles. The highest BCUT2D eigenvalue weighted by atomic mass is 19.1. The van der Waals surface area contributed by atoms with Crippen LogP contribution in [0.1, 0.15) is 16.1 Å². The summed E-state index contributed by atoms with van der Waals surface area (Å²) in [6, 6.07) is 7.90. The van der Waals surface area contributed by atoms with Gasteiger partial charge in [0.05, 0.1) is 12.8 Å². The van der Waals surface area contributed by atoms with E-state index in [0.717, 1.165) is 5.56 Å². The molecule has 20 heavy (non-hydrogen) atoms. The molecule has 5 heteroatoms. The quantitative estimate of drug-likeness (QED) is 0.844. The van der Waals surface area contributed by atoms with Gasteiger partial charge in [-0.3, -0.25) is 4.79 Å². The van der Waals surface area contributed by atoms with E-state index in [2.05, 4.69) is 0 Å². The number of para-hydroxylation sites is 1. The molecule has 1 aromatic carbocycles. The summed E-state index contributed by atoms with van der Waals surface area (Å²) in [4.78, 5) is 13.5. The van der Waals surface area contributed by atoms with E-state index in [4.69, 9.17) is 9.15 Å². The Hall–Kier alpha value is -2.30. The Labute approximate surface area is 116 Å². The molecule has 0 atom stereocenters. The van der Waals surface area contributed by atoms with E-state index in [1.165, 1.54) is 17.2 Å². The van der Waals surface area contributed by atoms with Crippen LogP contribution < -0.4 is 4.74 Å². The van der Waals surface area contributed by atoms with Gasteiger partial charge >= 0.3 is 0 Å². The van der Waals surface area contributed by atoms with Gasteiger partial charge in [-0.25, -0.2) is 4.39 Å². The summed E-state index contributed by atoms with van der Waals surface area (Å²) < 4.78 is 23.8. The molecular weight excluding hydrogens is 261 g/mol. The van der Waals surface area contributed by atoms with Gasteiger partial charge in [0, 0.05) is 12.6 Å². The SMILES string of the molecule is Cc1ccoc1C(=O)N(C)CCOc1ccccc1F. The third-order valence-corrected chi connectivity index (χ3v) is 2.92. The maximum Gasteiger partial charge on any atom is 0.289 e. The Kier molecular flexibility index (Phi) is 4.40. The van der Waals surface area contributed by atoms with Crippen molar-refractivity contribution in [1.82, 2.24) is 4.90 Å². The first-order valence-corrected chi connectivity index (χ1v) is 6.26. The highest BCUT2D eigenvalue weighted by Crippen LogP contribution is 2.15. The van der Waals surface area contributed by atoms with Gasteiger partial charge < -0.3 is 14.1 Å². The van der Waals surface area contributed by atoms with E-state index in [0.29, 0.717) is 12.3 Å². The third-order valence-electron chi connectivity index (χ3n) is 2.92. The van der Waals surface area contributed by atoms with Crippen LogP contribution in [0.5, 0.6) is 5.75 Å². The molecule has 0 saturated carbocycles. The molecule has 0 saturated heterocycles. The lowest BCUT2D eigenvalue weighted by Crippen LogP contribution is -2.31. The molecular formula is C15H16FNO3. The van der Waals surface area contributed by atoms with Crippen molar-refractivity contribution in [2.45, 2.75) is 6.92 Å². The fraction of sp³-hybridized carbons (Fsp3) is 0.267. The number of halogens is 1. The average molecular weight is 277 g/mol. The normalized spacial score (nSPS) is 10.3. The number of nitrogens with zero attached hydrogens (tertiary/aromatic N) is 1. The molecule has 0 aliphatic heterocycles. The predicted octanol–water partition coefficient (Wildman–Crippen LogP) is 2.88. The van der Waals surface area contributed by atoms with Crippen LogP contribution in [-0.2, 0) is 0 Å². The summed E-state index contributed by atoms with van der Waals surface area (Å²) in [5.74, 6) is -0.131. The second-order valence-electron chi connectivity index (χ2n) is 4.44. The summed E-state index contributed by atoms with van der Waals surface area (Å²) >= 11 is 0. The van der Waals surface area contributed by atoms with Crippen LogP contribution in [0.15, 0.2) is 41.0 Å². The summed E-state index contributed by atoms with van der Waals surface area (Å²) in [5.41, 5.74) is 0.789. The highest BCUT2D eigenvalue weighted by Gasteiger charge is 2.17. The second kappa shape index (κ2) is 6.23. The van der Waals surface area contributed by atoms with E-state index < -0.39 is 5.82 Å². The smallest absolute Gasteiger partial charge is 0.289 e. The zero-order chi connectivity index (χ0) is 14.5. The number of furan rings is 1. The summed E-state index contributed by atoms with van der Waals surface area (Å²) in [5, 5.41) is 0. The average Bonchev–Trinajstić information content (AvgIpc) is 2.86. The standard InChI is InChI=1S/C15H16FNO3/c1-11-7-9-20-14(11)15(18)17(2)8-10-19-13-6-4-3-5-12(13)16/h3-7,9H,8,10H2,1-2H3. The Bertz CT molecular complexity index is 594. The van der Waals surface area contributed by atoms with Gasteiger partial charge in [-0.15, -0.1) is 0 Å². The van der Waals surface area contributed by atoms with Crippen molar-refractivity contribution in [3.05, 3.63) is 53.7 Å². The number of amides is 1. The Morgan fingerprint density at radius 2 is 2.10 bits per heavy atom. The van der Waals surface area contributed by atoms with E-state index in [9.17, 15) is 9.18 Å². The largest absolute Gasteiger partial charge is 0.489 e. The van der Waals surface area contributed by atoms with Gasteiger partial charge in [0.1, 0.15) is 6.61 Å². The molecule has 2 rings (SSSR count). The van der Waals surface area contributed by atoms with Crippen molar-refractivity contribution in [2.75, 3.05) is 20.2 Å². The van der Waals surface area contributed by atoms with Crippen molar-refractivity contribution in [2.24, 2.45) is 0 Å². The summed E-state index contributed by atoms with van der Waals surface area (Å²) in [6.45, 7) is 2.36. The van der Waals surface area contributed by atoms with Crippen LogP contribution in [0.3, 0.4) is 0 Å². The van der Waals surface area contributed by atoms with Gasteiger partial charge in [0.2, 0.25) is 0 Å².